The zero-order chi connectivity index (χ0) is 14.0. The number of rotatable bonds is 3. The summed E-state index contributed by atoms with van der Waals surface area (Å²) in [5.74, 6) is -0.647. The minimum absolute atomic E-state index is 0.0213. The van der Waals surface area contributed by atoms with Crippen LogP contribution in [0.15, 0.2) is 34.9 Å². The summed E-state index contributed by atoms with van der Waals surface area (Å²) in [5, 5.41) is 12.1. The number of carbonyl (C=O) groups is 1. The Morgan fingerprint density at radius 1 is 1.42 bits per heavy atom. The van der Waals surface area contributed by atoms with Gasteiger partial charge >= 0.3 is 5.97 Å². The number of hydrogen-bond acceptors (Lipinski definition) is 3. The van der Waals surface area contributed by atoms with E-state index in [4.69, 9.17) is 16.7 Å². The first-order valence-corrected chi connectivity index (χ1v) is 6.56. The van der Waals surface area contributed by atoms with Gasteiger partial charge in [-0.3, -0.25) is 0 Å². The van der Waals surface area contributed by atoms with Crippen molar-refractivity contribution in [2.24, 2.45) is 0 Å². The van der Waals surface area contributed by atoms with Gasteiger partial charge in [0, 0.05) is 16.4 Å². The van der Waals surface area contributed by atoms with Crippen LogP contribution >= 0.6 is 27.5 Å². The fourth-order valence-corrected chi connectivity index (χ4v) is 1.97. The van der Waals surface area contributed by atoms with E-state index in [0.717, 1.165) is 15.7 Å². The molecule has 0 saturated carbocycles. The van der Waals surface area contributed by atoms with Gasteiger partial charge in [0.25, 0.3) is 0 Å². The number of hydrogen-bond donors (Lipinski definition) is 2. The van der Waals surface area contributed by atoms with E-state index in [1.165, 1.54) is 12.3 Å². The molecule has 19 heavy (non-hydrogen) atoms. The van der Waals surface area contributed by atoms with Crippen molar-refractivity contribution in [2.45, 2.75) is 6.92 Å². The molecule has 0 atom stereocenters. The standard InChI is InChI=1S/C13H10BrClN2O2/c1-7-4-8(2-3-10(7)14)17-12-5-9(13(18)19)11(15)6-16-12/h2-6H,1H3,(H,16,17)(H,18,19). The molecule has 0 amide bonds. The molecule has 98 valence electrons. The number of nitrogens with one attached hydrogen (secondary N) is 1. The molecular formula is C13H10BrClN2O2. The number of aromatic nitrogens is 1. The first-order chi connectivity index (χ1) is 8.97. The Kier molecular flexibility index (Phi) is 4.07. The van der Waals surface area contributed by atoms with Gasteiger partial charge in [-0.15, -0.1) is 0 Å². The molecule has 0 aliphatic carbocycles. The van der Waals surface area contributed by atoms with E-state index < -0.39 is 5.97 Å². The maximum Gasteiger partial charge on any atom is 0.337 e. The SMILES string of the molecule is Cc1cc(Nc2cc(C(=O)O)c(Cl)cn2)ccc1Br. The number of halogens is 2. The fraction of sp³-hybridized carbons (Fsp3) is 0.0769. The highest BCUT2D eigenvalue weighted by Gasteiger charge is 2.10. The van der Waals surface area contributed by atoms with Gasteiger partial charge in [-0.2, -0.15) is 0 Å². The lowest BCUT2D eigenvalue weighted by atomic mass is 10.2. The Labute approximate surface area is 123 Å². The van der Waals surface area contributed by atoms with Crippen LogP contribution in [-0.4, -0.2) is 16.1 Å². The summed E-state index contributed by atoms with van der Waals surface area (Å²) in [6.07, 6.45) is 1.32. The number of aryl methyl sites for hydroxylation is 1. The van der Waals surface area contributed by atoms with E-state index in [-0.39, 0.29) is 10.6 Å². The molecule has 1 aromatic carbocycles. The lowest BCUT2D eigenvalue weighted by Gasteiger charge is -2.08. The van der Waals surface area contributed by atoms with Gasteiger partial charge in [-0.05, 0) is 36.8 Å². The van der Waals surface area contributed by atoms with Crippen molar-refractivity contribution in [3.63, 3.8) is 0 Å². The molecule has 2 rings (SSSR count). The van der Waals surface area contributed by atoms with Gasteiger partial charge in [0.1, 0.15) is 5.82 Å². The molecule has 1 aromatic heterocycles. The highest BCUT2D eigenvalue weighted by molar-refractivity contribution is 9.10. The van der Waals surface area contributed by atoms with Gasteiger partial charge in [0.15, 0.2) is 0 Å². The average Bonchev–Trinajstić information content (AvgIpc) is 2.36. The Bertz CT molecular complexity index is 647. The van der Waals surface area contributed by atoms with Crippen molar-refractivity contribution in [3.05, 3.63) is 51.1 Å². The first-order valence-electron chi connectivity index (χ1n) is 5.39. The zero-order valence-corrected chi connectivity index (χ0v) is 12.3. The lowest BCUT2D eigenvalue weighted by molar-refractivity contribution is 0.0697. The minimum atomic E-state index is -1.08. The molecule has 0 aliphatic rings. The molecule has 0 unspecified atom stereocenters. The van der Waals surface area contributed by atoms with E-state index in [9.17, 15) is 4.79 Å². The third-order valence-electron chi connectivity index (χ3n) is 2.52. The fourth-order valence-electron chi connectivity index (χ4n) is 1.54. The predicted molar refractivity (Wildman–Crippen MR) is 78.4 cm³/mol. The van der Waals surface area contributed by atoms with Crippen LogP contribution in [0, 0.1) is 6.92 Å². The van der Waals surface area contributed by atoms with Crippen molar-refractivity contribution in [1.82, 2.24) is 4.98 Å². The number of nitrogens with zero attached hydrogens (tertiary/aromatic N) is 1. The third kappa shape index (κ3) is 3.24. The maximum absolute atomic E-state index is 11.0. The van der Waals surface area contributed by atoms with Crippen LogP contribution in [0.1, 0.15) is 15.9 Å². The van der Waals surface area contributed by atoms with Crippen LogP contribution in [0.4, 0.5) is 11.5 Å². The van der Waals surface area contributed by atoms with Crippen molar-refractivity contribution in [3.8, 4) is 0 Å². The van der Waals surface area contributed by atoms with Crippen molar-refractivity contribution < 1.29 is 9.90 Å². The van der Waals surface area contributed by atoms with Gasteiger partial charge in [-0.1, -0.05) is 27.5 Å². The maximum atomic E-state index is 11.0. The Hall–Kier alpha value is -1.59. The molecule has 0 bridgehead atoms. The van der Waals surface area contributed by atoms with Crippen LogP contribution in [-0.2, 0) is 0 Å². The molecule has 0 fully saturated rings. The number of carboxylic acids is 1. The quantitative estimate of drug-likeness (QED) is 0.876. The largest absolute Gasteiger partial charge is 0.478 e. The monoisotopic (exact) mass is 340 g/mol. The molecule has 0 radical (unpaired) electrons. The van der Waals surface area contributed by atoms with Crippen molar-refractivity contribution in [2.75, 3.05) is 5.32 Å². The molecule has 2 N–H and O–H groups in total. The molecule has 4 nitrogen and oxygen atoms in total. The molecular weight excluding hydrogens is 332 g/mol. The van der Waals surface area contributed by atoms with Crippen molar-refractivity contribution in [1.29, 1.82) is 0 Å². The van der Waals surface area contributed by atoms with E-state index >= 15 is 0 Å². The normalized spacial score (nSPS) is 10.3. The van der Waals surface area contributed by atoms with Crippen LogP contribution in [0.2, 0.25) is 5.02 Å². The van der Waals surface area contributed by atoms with E-state index in [1.54, 1.807) is 0 Å². The van der Waals surface area contributed by atoms with Gasteiger partial charge in [0.05, 0.1) is 10.6 Å². The van der Waals surface area contributed by atoms with Crippen molar-refractivity contribution >= 4 is 45.0 Å². The second-order valence-electron chi connectivity index (χ2n) is 3.94. The van der Waals surface area contributed by atoms with Crippen LogP contribution < -0.4 is 5.32 Å². The van der Waals surface area contributed by atoms with Crippen LogP contribution in [0.25, 0.3) is 0 Å². The summed E-state index contributed by atoms with van der Waals surface area (Å²) in [6.45, 7) is 1.97. The summed E-state index contributed by atoms with van der Waals surface area (Å²) in [6, 6.07) is 7.11. The van der Waals surface area contributed by atoms with E-state index in [0.29, 0.717) is 5.82 Å². The number of anilines is 2. The number of benzene rings is 1. The number of pyridine rings is 1. The minimum Gasteiger partial charge on any atom is -0.478 e. The highest BCUT2D eigenvalue weighted by atomic mass is 79.9. The molecule has 0 saturated heterocycles. The molecule has 0 aliphatic heterocycles. The smallest absolute Gasteiger partial charge is 0.337 e. The second kappa shape index (κ2) is 5.59. The Morgan fingerprint density at radius 2 is 2.16 bits per heavy atom. The molecule has 0 spiro atoms. The third-order valence-corrected chi connectivity index (χ3v) is 3.71. The first kappa shape index (κ1) is 13.8. The molecule has 6 heteroatoms. The number of aromatic carboxylic acids is 1. The summed E-state index contributed by atoms with van der Waals surface area (Å²) in [5.41, 5.74) is 1.91. The summed E-state index contributed by atoms with van der Waals surface area (Å²) < 4.78 is 1.01. The lowest BCUT2D eigenvalue weighted by Crippen LogP contribution is -2.01. The van der Waals surface area contributed by atoms with E-state index in [2.05, 4.69) is 26.2 Å². The molecule has 2 aromatic rings. The summed E-state index contributed by atoms with van der Waals surface area (Å²) >= 11 is 9.18. The van der Waals surface area contributed by atoms with Gasteiger partial charge in [-0.25, -0.2) is 9.78 Å². The van der Waals surface area contributed by atoms with Gasteiger partial charge in [0.2, 0.25) is 0 Å². The number of carboxylic acid groups (broad SMARTS) is 1. The molecule has 1 heterocycles. The Morgan fingerprint density at radius 3 is 2.79 bits per heavy atom. The Balaban J connectivity index is 2.30. The predicted octanol–water partition coefficient (Wildman–Crippen LogP) is 4.25. The van der Waals surface area contributed by atoms with Crippen LogP contribution in [0.5, 0.6) is 0 Å². The highest BCUT2D eigenvalue weighted by Crippen LogP contribution is 2.24. The van der Waals surface area contributed by atoms with Gasteiger partial charge < -0.3 is 10.4 Å². The topological polar surface area (TPSA) is 62.2 Å². The summed E-state index contributed by atoms with van der Waals surface area (Å²) in [7, 11) is 0. The van der Waals surface area contributed by atoms with E-state index in [1.807, 2.05) is 25.1 Å². The second-order valence-corrected chi connectivity index (χ2v) is 5.21. The average molecular weight is 342 g/mol. The summed E-state index contributed by atoms with van der Waals surface area (Å²) in [4.78, 5) is 15.0. The van der Waals surface area contributed by atoms with Crippen LogP contribution in [0.3, 0.4) is 0 Å². The zero-order valence-electron chi connectivity index (χ0n) is 9.95.